The summed E-state index contributed by atoms with van der Waals surface area (Å²) in [6.07, 6.45) is -0.956. The molecule has 11 heteroatoms. The number of nitrogens with zero attached hydrogens (tertiary/aromatic N) is 4. The molecule has 2 saturated heterocycles. The van der Waals surface area contributed by atoms with Crippen LogP contribution in [0.5, 0.6) is 0 Å². The van der Waals surface area contributed by atoms with Crippen molar-refractivity contribution in [2.45, 2.75) is 18.6 Å². The number of ether oxygens (including phenoxy) is 1. The number of aliphatic hydroxyl groups is 1. The van der Waals surface area contributed by atoms with Crippen LogP contribution in [-0.2, 0) is 19.9 Å². The van der Waals surface area contributed by atoms with E-state index in [1.807, 2.05) is 36.4 Å². The van der Waals surface area contributed by atoms with Crippen LogP contribution in [0.4, 0.5) is 10.5 Å². The third kappa shape index (κ3) is 6.50. The predicted octanol–water partition coefficient (Wildman–Crippen LogP) is 4.02. The molecule has 2 heterocycles. The van der Waals surface area contributed by atoms with Crippen molar-refractivity contribution in [3.05, 3.63) is 101 Å². The number of carbonyl (C=O) groups is 3. The molecule has 3 aromatic rings. The van der Waals surface area contributed by atoms with E-state index in [0.717, 1.165) is 23.7 Å². The fraction of sp³-hybridized carbons (Fsp3) is 0.344. The van der Waals surface area contributed by atoms with E-state index in [-0.39, 0.29) is 25.6 Å². The molecule has 0 saturated carbocycles. The van der Waals surface area contributed by atoms with Gasteiger partial charge in [-0.05, 0) is 30.2 Å². The molecule has 0 bridgehead atoms. The number of halogens is 2. The summed E-state index contributed by atoms with van der Waals surface area (Å²) < 4.78 is 5.07. The van der Waals surface area contributed by atoms with Crippen molar-refractivity contribution >= 4 is 47.6 Å². The van der Waals surface area contributed by atoms with Crippen molar-refractivity contribution in [3.63, 3.8) is 0 Å². The van der Waals surface area contributed by atoms with Crippen molar-refractivity contribution in [1.82, 2.24) is 14.7 Å². The summed E-state index contributed by atoms with van der Waals surface area (Å²) in [6.45, 7) is 4.36. The van der Waals surface area contributed by atoms with Gasteiger partial charge >= 0.3 is 12.0 Å². The molecule has 0 aromatic heterocycles. The minimum Gasteiger partial charge on any atom is -0.465 e. The molecule has 0 spiro atoms. The second kappa shape index (κ2) is 14.2. The first kappa shape index (κ1) is 32.3. The second-order valence-electron chi connectivity index (χ2n) is 10.4. The van der Waals surface area contributed by atoms with Gasteiger partial charge in [-0.25, -0.2) is 4.79 Å². The standard InChI is InChI=1S/C32H35ClN4O5.ClH/c1-2-42-29(39)23-36-30(40)32(24-11-5-3-6-12-24,25-13-7-4-8-14-25)37(31(36)41)22-26(38)21-34-17-19-35(20-18-34)28-16-10-9-15-27(28)33;/h3-16,26,38H,2,17-23H2,1H3;1H. The maximum absolute atomic E-state index is 14.3. The molecular weight excluding hydrogens is 591 g/mol. The Morgan fingerprint density at radius 1 is 0.884 bits per heavy atom. The van der Waals surface area contributed by atoms with Gasteiger partial charge < -0.3 is 14.7 Å². The number of anilines is 1. The molecule has 2 aliphatic rings. The van der Waals surface area contributed by atoms with Crippen LogP contribution in [0, 0.1) is 0 Å². The average Bonchev–Trinajstić information content (AvgIpc) is 3.20. The average molecular weight is 628 g/mol. The zero-order valence-electron chi connectivity index (χ0n) is 24.0. The quantitative estimate of drug-likeness (QED) is 0.268. The van der Waals surface area contributed by atoms with Crippen molar-refractivity contribution < 1.29 is 24.2 Å². The number of aliphatic hydroxyl groups excluding tert-OH is 1. The SMILES string of the molecule is CCOC(=O)CN1C(=O)N(CC(O)CN2CCN(c3ccccc3Cl)CC2)C(c2ccccc2)(c2ccccc2)C1=O.Cl. The number of β-amino-alcohol motifs (C(OH)–C–C–N with tert-alkyl or cyclic N) is 1. The van der Waals surface area contributed by atoms with E-state index < -0.39 is 36.1 Å². The van der Waals surface area contributed by atoms with Gasteiger partial charge in [0.1, 0.15) is 6.54 Å². The summed E-state index contributed by atoms with van der Waals surface area (Å²) >= 11 is 6.39. The molecular formula is C32H36Cl2N4O5. The summed E-state index contributed by atoms with van der Waals surface area (Å²) in [5.41, 5.74) is 0.566. The lowest BCUT2D eigenvalue weighted by Gasteiger charge is -2.39. The normalized spacial score (nSPS) is 17.5. The Morgan fingerprint density at radius 2 is 1.44 bits per heavy atom. The fourth-order valence-corrected chi connectivity index (χ4v) is 6.16. The van der Waals surface area contributed by atoms with Crippen LogP contribution in [-0.4, -0.2) is 96.2 Å². The van der Waals surface area contributed by atoms with Gasteiger partial charge in [-0.3, -0.25) is 24.3 Å². The smallest absolute Gasteiger partial charge is 0.328 e. The van der Waals surface area contributed by atoms with E-state index in [4.69, 9.17) is 16.3 Å². The number of urea groups is 1. The van der Waals surface area contributed by atoms with Crippen molar-refractivity contribution in [3.8, 4) is 0 Å². The molecule has 9 nitrogen and oxygen atoms in total. The Morgan fingerprint density at radius 3 is 2.00 bits per heavy atom. The van der Waals surface area contributed by atoms with Gasteiger partial charge in [-0.2, -0.15) is 0 Å². The number of imide groups is 1. The number of esters is 1. The molecule has 3 amide bonds. The highest BCUT2D eigenvalue weighted by molar-refractivity contribution is 6.33. The second-order valence-corrected chi connectivity index (χ2v) is 10.8. The number of carbonyl (C=O) groups excluding carboxylic acids is 3. The van der Waals surface area contributed by atoms with E-state index in [0.29, 0.717) is 35.8 Å². The first-order valence-electron chi connectivity index (χ1n) is 14.2. The molecule has 2 aliphatic heterocycles. The van der Waals surface area contributed by atoms with Crippen LogP contribution >= 0.6 is 24.0 Å². The van der Waals surface area contributed by atoms with Gasteiger partial charge in [0.2, 0.25) is 0 Å². The molecule has 1 N–H and O–H groups in total. The van der Waals surface area contributed by atoms with Crippen molar-refractivity contribution in [2.24, 2.45) is 0 Å². The van der Waals surface area contributed by atoms with E-state index in [2.05, 4.69) is 9.80 Å². The van der Waals surface area contributed by atoms with Gasteiger partial charge in [0.05, 0.1) is 30.0 Å². The summed E-state index contributed by atoms with van der Waals surface area (Å²) in [7, 11) is 0. The van der Waals surface area contributed by atoms with Gasteiger partial charge in [-0.1, -0.05) is 84.4 Å². The molecule has 43 heavy (non-hydrogen) atoms. The number of piperazine rings is 1. The van der Waals surface area contributed by atoms with Crippen LogP contribution in [0.2, 0.25) is 5.02 Å². The van der Waals surface area contributed by atoms with E-state index in [1.165, 1.54) is 4.90 Å². The molecule has 2 fully saturated rings. The molecule has 228 valence electrons. The molecule has 1 atom stereocenters. The topological polar surface area (TPSA) is 93.6 Å². The van der Waals surface area contributed by atoms with Crippen LogP contribution in [0.1, 0.15) is 18.1 Å². The molecule has 3 aromatic carbocycles. The fourth-order valence-electron chi connectivity index (χ4n) is 5.91. The van der Waals surface area contributed by atoms with E-state index >= 15 is 0 Å². The van der Waals surface area contributed by atoms with Gasteiger partial charge in [0.25, 0.3) is 5.91 Å². The summed E-state index contributed by atoms with van der Waals surface area (Å²) in [5, 5.41) is 12.1. The van der Waals surface area contributed by atoms with Crippen LogP contribution in [0.25, 0.3) is 0 Å². The lowest BCUT2D eigenvalue weighted by Crippen LogP contribution is -2.53. The summed E-state index contributed by atoms with van der Waals surface area (Å²) in [6, 6.07) is 25.1. The highest BCUT2D eigenvalue weighted by Crippen LogP contribution is 2.43. The summed E-state index contributed by atoms with van der Waals surface area (Å²) in [5.74, 6) is -1.23. The number of benzene rings is 3. The third-order valence-corrected chi connectivity index (χ3v) is 8.14. The molecule has 0 aliphatic carbocycles. The zero-order chi connectivity index (χ0) is 29.7. The number of hydrogen-bond acceptors (Lipinski definition) is 7. The number of amides is 3. The van der Waals surface area contributed by atoms with Crippen LogP contribution in [0.15, 0.2) is 84.9 Å². The number of hydrogen-bond donors (Lipinski definition) is 1. The third-order valence-electron chi connectivity index (χ3n) is 7.82. The molecule has 5 rings (SSSR count). The highest BCUT2D eigenvalue weighted by atomic mass is 35.5. The largest absolute Gasteiger partial charge is 0.465 e. The van der Waals surface area contributed by atoms with Gasteiger partial charge in [0.15, 0.2) is 5.54 Å². The lowest BCUT2D eigenvalue weighted by molar-refractivity contribution is -0.147. The maximum atomic E-state index is 14.3. The van der Waals surface area contributed by atoms with Crippen molar-refractivity contribution in [1.29, 1.82) is 0 Å². The number of para-hydroxylation sites is 1. The van der Waals surface area contributed by atoms with Crippen LogP contribution < -0.4 is 4.90 Å². The Balaban J connectivity index is 0.00000423. The van der Waals surface area contributed by atoms with Gasteiger partial charge in [0, 0.05) is 32.7 Å². The molecule has 1 unspecified atom stereocenters. The minimum absolute atomic E-state index is 0. The summed E-state index contributed by atoms with van der Waals surface area (Å²) in [4.78, 5) is 47.4. The van der Waals surface area contributed by atoms with E-state index in [9.17, 15) is 19.5 Å². The van der Waals surface area contributed by atoms with E-state index in [1.54, 1.807) is 55.5 Å². The zero-order valence-corrected chi connectivity index (χ0v) is 25.5. The lowest BCUT2D eigenvalue weighted by atomic mass is 9.81. The Kier molecular flexibility index (Phi) is 10.7. The Bertz CT molecular complexity index is 1360. The highest BCUT2D eigenvalue weighted by Gasteiger charge is 2.60. The Hall–Kier alpha value is -3.63. The minimum atomic E-state index is -1.56. The van der Waals surface area contributed by atoms with Crippen molar-refractivity contribution in [2.75, 3.05) is 57.3 Å². The monoisotopic (exact) mass is 626 g/mol. The maximum Gasteiger partial charge on any atom is 0.328 e. The van der Waals surface area contributed by atoms with Crippen LogP contribution in [0.3, 0.4) is 0 Å². The van der Waals surface area contributed by atoms with Gasteiger partial charge in [-0.15, -0.1) is 12.4 Å². The Labute approximate surface area is 263 Å². The first-order chi connectivity index (χ1) is 20.4. The first-order valence-corrected chi connectivity index (χ1v) is 14.5. The molecule has 0 radical (unpaired) electrons. The predicted molar refractivity (Wildman–Crippen MR) is 167 cm³/mol. The number of rotatable bonds is 10.